The van der Waals surface area contributed by atoms with E-state index in [1.54, 1.807) is 6.07 Å². The zero-order valence-corrected chi connectivity index (χ0v) is 18.2. The van der Waals surface area contributed by atoms with Gasteiger partial charge in [-0.2, -0.15) is 0 Å². The molecule has 0 spiro atoms. The van der Waals surface area contributed by atoms with E-state index in [2.05, 4.69) is 13.8 Å². The minimum atomic E-state index is -0.822. The Morgan fingerprint density at radius 3 is 2.50 bits per heavy atom. The summed E-state index contributed by atoms with van der Waals surface area (Å²) >= 11 is 1.37. The number of aromatic carboxylic acids is 1. The van der Waals surface area contributed by atoms with Crippen molar-refractivity contribution < 1.29 is 19.8 Å². The van der Waals surface area contributed by atoms with Crippen LogP contribution in [-0.4, -0.2) is 28.1 Å². The van der Waals surface area contributed by atoms with Crippen molar-refractivity contribution in [1.29, 1.82) is 0 Å². The van der Waals surface area contributed by atoms with E-state index in [9.17, 15) is 14.7 Å². The minimum absolute atomic E-state index is 0.127. The quantitative estimate of drug-likeness (QED) is 0.536. The van der Waals surface area contributed by atoms with Gasteiger partial charge in [-0.3, -0.25) is 4.79 Å². The van der Waals surface area contributed by atoms with Crippen LogP contribution < -0.4 is 0 Å². The molecule has 2 atom stereocenters. The summed E-state index contributed by atoms with van der Waals surface area (Å²) in [5.74, 6) is -0.0353. The van der Waals surface area contributed by atoms with Gasteiger partial charge in [0.15, 0.2) is 0 Å². The third-order valence-corrected chi connectivity index (χ3v) is 7.72. The smallest absolute Gasteiger partial charge is 0.345 e. The van der Waals surface area contributed by atoms with Gasteiger partial charge in [-0.15, -0.1) is 11.3 Å². The molecule has 4 nitrogen and oxygen atoms in total. The average Bonchev–Trinajstić information content (AvgIpc) is 3.25. The Labute approximate surface area is 173 Å². The predicted octanol–water partition coefficient (Wildman–Crippen LogP) is 5.87. The van der Waals surface area contributed by atoms with E-state index in [1.165, 1.54) is 30.6 Å². The van der Waals surface area contributed by atoms with Crippen LogP contribution in [0.3, 0.4) is 0 Å². The highest BCUT2D eigenvalue weighted by Gasteiger charge is 2.41. The van der Waals surface area contributed by atoms with Crippen molar-refractivity contribution >= 4 is 23.1 Å². The molecule has 2 fully saturated rings. The Kier molecular flexibility index (Phi) is 9.16. The van der Waals surface area contributed by atoms with Crippen LogP contribution in [0.15, 0.2) is 12.1 Å². The van der Waals surface area contributed by atoms with E-state index in [-0.39, 0.29) is 11.5 Å². The molecule has 3 rings (SSSR count). The number of thiophene rings is 1. The summed E-state index contributed by atoms with van der Waals surface area (Å²) in [5.41, 5.74) is 0.236. The molecule has 1 aromatic heterocycles. The zero-order valence-electron chi connectivity index (χ0n) is 17.4. The normalized spacial score (nSPS) is 21.5. The Bertz CT molecular complexity index is 627. The molecular formula is C23H36O4S. The number of carbonyl (C=O) groups is 2. The summed E-state index contributed by atoms with van der Waals surface area (Å²) in [5, 5.41) is 18.9. The van der Waals surface area contributed by atoms with Crippen molar-refractivity contribution in [2.75, 3.05) is 0 Å². The topological polar surface area (TPSA) is 74.6 Å². The van der Waals surface area contributed by atoms with Crippen LogP contribution in [0.25, 0.3) is 0 Å². The Morgan fingerprint density at radius 1 is 1.29 bits per heavy atom. The molecule has 2 saturated carbocycles. The standard InChI is InChI=1S/C15H26O2.C8H10O2S/c1-2-15(10-5-11-15)14(17)9-4-7-12-6-3-8-13(12)16;1-2-3-6-4-5-7(11-6)8(9)10/h12,14,17H,2-11H2,1H3;4-5H,2-3H2,1H3,(H,9,10)/t12-,14?;/m0./s1. The summed E-state index contributed by atoms with van der Waals surface area (Å²) in [7, 11) is 0. The first-order valence-corrected chi connectivity index (χ1v) is 11.8. The van der Waals surface area contributed by atoms with E-state index in [1.807, 2.05) is 6.07 Å². The van der Waals surface area contributed by atoms with Gasteiger partial charge in [0.25, 0.3) is 0 Å². The van der Waals surface area contributed by atoms with Crippen molar-refractivity contribution in [2.24, 2.45) is 11.3 Å². The molecule has 28 heavy (non-hydrogen) atoms. The molecular weight excluding hydrogens is 372 g/mol. The van der Waals surface area contributed by atoms with Crippen LogP contribution in [-0.2, 0) is 11.2 Å². The lowest BCUT2D eigenvalue weighted by Crippen LogP contribution is -2.40. The van der Waals surface area contributed by atoms with Crippen molar-refractivity contribution in [3.05, 3.63) is 21.9 Å². The first-order chi connectivity index (χ1) is 13.4. The molecule has 1 aromatic rings. The van der Waals surface area contributed by atoms with Gasteiger partial charge in [0.2, 0.25) is 0 Å². The number of Topliss-reactive ketones (excluding diaryl/α,β-unsaturated/α-hetero) is 1. The average molecular weight is 409 g/mol. The summed E-state index contributed by atoms with van der Waals surface area (Å²) in [6, 6.07) is 3.55. The molecule has 0 radical (unpaired) electrons. The molecule has 2 N–H and O–H groups in total. The molecule has 158 valence electrons. The number of aliphatic hydroxyl groups is 1. The van der Waals surface area contributed by atoms with E-state index >= 15 is 0 Å². The lowest BCUT2D eigenvalue weighted by Gasteiger charge is -2.45. The number of hydrogen-bond donors (Lipinski definition) is 2. The summed E-state index contributed by atoms with van der Waals surface area (Å²) in [6.45, 7) is 4.28. The second-order valence-electron chi connectivity index (χ2n) is 8.39. The van der Waals surface area contributed by atoms with Gasteiger partial charge in [0.05, 0.1) is 6.10 Å². The van der Waals surface area contributed by atoms with Gasteiger partial charge >= 0.3 is 5.97 Å². The van der Waals surface area contributed by atoms with Gasteiger partial charge < -0.3 is 10.2 Å². The molecule has 0 bridgehead atoms. The van der Waals surface area contributed by atoms with Crippen LogP contribution in [0.4, 0.5) is 0 Å². The maximum atomic E-state index is 11.5. The monoisotopic (exact) mass is 408 g/mol. The third kappa shape index (κ3) is 6.15. The number of carboxylic acids is 1. The van der Waals surface area contributed by atoms with Gasteiger partial charge in [0, 0.05) is 17.2 Å². The van der Waals surface area contributed by atoms with Gasteiger partial charge in [0.1, 0.15) is 10.7 Å². The van der Waals surface area contributed by atoms with Crippen LogP contribution in [0, 0.1) is 11.3 Å². The van der Waals surface area contributed by atoms with Crippen molar-refractivity contribution in [2.45, 2.75) is 97.0 Å². The Morgan fingerprint density at radius 2 is 2.04 bits per heavy atom. The highest BCUT2D eigenvalue weighted by molar-refractivity contribution is 7.13. The second kappa shape index (κ2) is 11.1. The first-order valence-electron chi connectivity index (χ1n) is 10.9. The number of ketones is 1. The van der Waals surface area contributed by atoms with Gasteiger partial charge in [-0.05, 0) is 68.9 Å². The molecule has 5 heteroatoms. The van der Waals surface area contributed by atoms with E-state index in [4.69, 9.17) is 5.11 Å². The zero-order chi connectivity index (χ0) is 20.6. The highest BCUT2D eigenvalue weighted by atomic mass is 32.1. The fourth-order valence-electron chi connectivity index (χ4n) is 4.48. The van der Waals surface area contributed by atoms with E-state index in [0.717, 1.165) is 62.7 Å². The molecule has 2 aliphatic rings. The summed E-state index contributed by atoms with van der Waals surface area (Å²) in [4.78, 5) is 23.5. The predicted molar refractivity (Wildman–Crippen MR) is 114 cm³/mol. The molecule has 0 aromatic carbocycles. The molecule has 1 unspecified atom stereocenters. The van der Waals surface area contributed by atoms with Crippen molar-refractivity contribution in [3.8, 4) is 0 Å². The Hall–Kier alpha value is -1.20. The lowest BCUT2D eigenvalue weighted by molar-refractivity contribution is -0.120. The van der Waals surface area contributed by atoms with E-state index < -0.39 is 5.97 Å². The summed E-state index contributed by atoms with van der Waals surface area (Å²) in [6.07, 6.45) is 12.6. The SMILES string of the molecule is CCC1(C(O)CCC[C@@H]2CCCC2=O)CCC1.CCCc1ccc(C(=O)O)s1. The van der Waals surface area contributed by atoms with Crippen molar-refractivity contribution in [1.82, 2.24) is 0 Å². The second-order valence-corrected chi connectivity index (χ2v) is 9.56. The van der Waals surface area contributed by atoms with E-state index in [0.29, 0.717) is 16.6 Å². The number of aliphatic hydroxyl groups excluding tert-OH is 1. The number of carboxylic acid groups (broad SMARTS) is 1. The fourth-order valence-corrected chi connectivity index (χ4v) is 5.43. The molecule has 0 saturated heterocycles. The molecule has 0 amide bonds. The van der Waals surface area contributed by atoms with Crippen LogP contribution in [0.5, 0.6) is 0 Å². The number of aryl methyl sites for hydroxylation is 1. The van der Waals surface area contributed by atoms with Crippen LogP contribution in [0.2, 0.25) is 0 Å². The molecule has 2 aliphatic carbocycles. The lowest BCUT2D eigenvalue weighted by atomic mass is 9.62. The third-order valence-electron chi connectivity index (χ3n) is 6.59. The largest absolute Gasteiger partial charge is 0.477 e. The maximum absolute atomic E-state index is 11.5. The molecule has 1 heterocycles. The number of carbonyl (C=O) groups excluding carboxylic acids is 1. The minimum Gasteiger partial charge on any atom is -0.477 e. The van der Waals surface area contributed by atoms with Gasteiger partial charge in [-0.1, -0.05) is 33.1 Å². The van der Waals surface area contributed by atoms with Crippen LogP contribution >= 0.6 is 11.3 Å². The van der Waals surface area contributed by atoms with Crippen molar-refractivity contribution in [3.63, 3.8) is 0 Å². The first kappa shape index (κ1) is 23.1. The maximum Gasteiger partial charge on any atom is 0.345 e. The summed E-state index contributed by atoms with van der Waals surface area (Å²) < 4.78 is 0. The molecule has 0 aliphatic heterocycles. The van der Waals surface area contributed by atoms with Gasteiger partial charge in [-0.25, -0.2) is 4.79 Å². The fraction of sp³-hybridized carbons (Fsp3) is 0.739. The highest BCUT2D eigenvalue weighted by Crippen LogP contribution is 2.48. The number of rotatable bonds is 9. The number of hydrogen-bond acceptors (Lipinski definition) is 4. The van der Waals surface area contributed by atoms with Crippen LogP contribution in [0.1, 0.15) is 99.0 Å². The Balaban J connectivity index is 0.000000221.